The quantitative estimate of drug-likeness (QED) is 0.861. The van der Waals surface area contributed by atoms with Crippen molar-refractivity contribution in [1.82, 2.24) is 5.32 Å². The van der Waals surface area contributed by atoms with Gasteiger partial charge in [0.25, 0.3) is 0 Å². The summed E-state index contributed by atoms with van der Waals surface area (Å²) in [5.41, 5.74) is 2.48. The van der Waals surface area contributed by atoms with Gasteiger partial charge in [-0.05, 0) is 44.2 Å². The van der Waals surface area contributed by atoms with E-state index in [9.17, 15) is 4.79 Å². The number of para-hydroxylation sites is 1. The fourth-order valence-corrected chi connectivity index (χ4v) is 2.56. The van der Waals surface area contributed by atoms with Gasteiger partial charge < -0.3 is 10.6 Å². The monoisotopic (exact) mass is 246 g/mol. The van der Waals surface area contributed by atoms with Crippen molar-refractivity contribution in [3.63, 3.8) is 0 Å². The zero-order valence-corrected chi connectivity index (χ0v) is 11.2. The highest BCUT2D eigenvalue weighted by Crippen LogP contribution is 2.33. The Morgan fingerprint density at radius 3 is 3.00 bits per heavy atom. The van der Waals surface area contributed by atoms with Crippen molar-refractivity contribution < 1.29 is 4.79 Å². The Morgan fingerprint density at radius 2 is 2.22 bits per heavy atom. The first kappa shape index (κ1) is 12.9. The van der Waals surface area contributed by atoms with E-state index in [1.807, 2.05) is 19.9 Å². The Morgan fingerprint density at radius 1 is 1.44 bits per heavy atom. The number of benzene rings is 1. The molecule has 3 nitrogen and oxygen atoms in total. The number of hydrogen-bond acceptors (Lipinski definition) is 2. The third-order valence-corrected chi connectivity index (χ3v) is 3.33. The summed E-state index contributed by atoms with van der Waals surface area (Å²) in [6.07, 6.45) is 2.79. The molecular formula is C15H22N2O. The second-order valence-electron chi connectivity index (χ2n) is 5.28. The van der Waals surface area contributed by atoms with Gasteiger partial charge in [-0.25, -0.2) is 0 Å². The lowest BCUT2D eigenvalue weighted by atomic mass is 9.91. The molecule has 0 saturated heterocycles. The maximum Gasteiger partial charge on any atom is 0.220 e. The van der Waals surface area contributed by atoms with Crippen LogP contribution in [0, 0.1) is 0 Å². The number of rotatable bonds is 3. The standard InChI is InChI=1S/C15H22N2O/c1-11(2)17-15(18)10-12-6-5-9-16-14-8-4-3-7-13(12)14/h3-4,7-8,11-12,16H,5-6,9-10H2,1-2H3,(H,17,18)/t12-/m0/s1. The first-order valence-electron chi connectivity index (χ1n) is 6.79. The smallest absolute Gasteiger partial charge is 0.220 e. The van der Waals surface area contributed by atoms with E-state index < -0.39 is 0 Å². The van der Waals surface area contributed by atoms with Gasteiger partial charge in [-0.3, -0.25) is 4.79 Å². The summed E-state index contributed by atoms with van der Waals surface area (Å²) in [5.74, 6) is 0.502. The van der Waals surface area contributed by atoms with Crippen LogP contribution in [0.25, 0.3) is 0 Å². The van der Waals surface area contributed by atoms with Crippen molar-refractivity contribution in [2.75, 3.05) is 11.9 Å². The summed E-state index contributed by atoms with van der Waals surface area (Å²) in [5, 5.41) is 6.42. The lowest BCUT2D eigenvalue weighted by Gasteiger charge is -2.17. The summed E-state index contributed by atoms with van der Waals surface area (Å²) in [6, 6.07) is 8.56. The molecule has 1 amide bonds. The third-order valence-electron chi connectivity index (χ3n) is 3.33. The number of amides is 1. The Labute approximate surface area is 109 Å². The van der Waals surface area contributed by atoms with Crippen LogP contribution >= 0.6 is 0 Å². The molecule has 0 fully saturated rings. The highest BCUT2D eigenvalue weighted by atomic mass is 16.1. The van der Waals surface area contributed by atoms with Crippen LogP contribution in [0.15, 0.2) is 24.3 Å². The number of hydrogen-bond donors (Lipinski definition) is 2. The van der Waals surface area contributed by atoms with Crippen LogP contribution in [0.3, 0.4) is 0 Å². The Hall–Kier alpha value is -1.51. The highest BCUT2D eigenvalue weighted by molar-refractivity contribution is 5.77. The number of anilines is 1. The van der Waals surface area contributed by atoms with E-state index >= 15 is 0 Å². The first-order chi connectivity index (χ1) is 8.66. The van der Waals surface area contributed by atoms with Crippen molar-refractivity contribution >= 4 is 11.6 Å². The van der Waals surface area contributed by atoms with Crippen LogP contribution in [-0.2, 0) is 4.79 Å². The molecule has 0 spiro atoms. The Kier molecular flexibility index (Phi) is 4.24. The van der Waals surface area contributed by atoms with Crippen molar-refractivity contribution in [2.24, 2.45) is 0 Å². The van der Waals surface area contributed by atoms with Gasteiger partial charge in [0, 0.05) is 24.7 Å². The molecule has 1 aliphatic heterocycles. The first-order valence-corrected chi connectivity index (χ1v) is 6.79. The molecule has 1 aromatic carbocycles. The molecule has 0 unspecified atom stereocenters. The largest absolute Gasteiger partial charge is 0.385 e. The molecule has 0 saturated carbocycles. The molecule has 0 bridgehead atoms. The summed E-state index contributed by atoms with van der Waals surface area (Å²) < 4.78 is 0. The maximum atomic E-state index is 11.9. The Bertz CT molecular complexity index is 415. The van der Waals surface area contributed by atoms with E-state index in [-0.39, 0.29) is 11.9 Å². The topological polar surface area (TPSA) is 41.1 Å². The molecule has 2 rings (SSSR count). The van der Waals surface area contributed by atoms with Gasteiger partial charge in [-0.2, -0.15) is 0 Å². The predicted molar refractivity (Wildman–Crippen MR) is 74.8 cm³/mol. The summed E-state index contributed by atoms with van der Waals surface area (Å²) in [7, 11) is 0. The number of nitrogens with one attached hydrogen (secondary N) is 2. The average Bonchev–Trinajstić information content (AvgIpc) is 2.51. The minimum atomic E-state index is 0.159. The molecule has 1 heterocycles. The van der Waals surface area contributed by atoms with Crippen molar-refractivity contribution in [1.29, 1.82) is 0 Å². The van der Waals surface area contributed by atoms with Gasteiger partial charge in [0.1, 0.15) is 0 Å². The molecule has 18 heavy (non-hydrogen) atoms. The highest BCUT2D eigenvalue weighted by Gasteiger charge is 2.21. The molecule has 1 atom stereocenters. The third kappa shape index (κ3) is 3.25. The molecule has 0 aromatic heterocycles. The lowest BCUT2D eigenvalue weighted by molar-refractivity contribution is -0.122. The van der Waals surface area contributed by atoms with Crippen LogP contribution in [0.1, 0.15) is 44.6 Å². The maximum absolute atomic E-state index is 11.9. The molecule has 0 aliphatic carbocycles. The number of carbonyl (C=O) groups is 1. The molecule has 0 radical (unpaired) electrons. The van der Waals surface area contributed by atoms with E-state index in [1.54, 1.807) is 0 Å². The van der Waals surface area contributed by atoms with Crippen molar-refractivity contribution in [2.45, 2.75) is 45.1 Å². The van der Waals surface area contributed by atoms with Gasteiger partial charge in [-0.15, -0.1) is 0 Å². The number of carbonyl (C=O) groups excluding carboxylic acids is 1. The fraction of sp³-hybridized carbons (Fsp3) is 0.533. The lowest BCUT2D eigenvalue weighted by Crippen LogP contribution is -2.31. The minimum absolute atomic E-state index is 0.159. The van der Waals surface area contributed by atoms with E-state index in [0.29, 0.717) is 12.3 Å². The average molecular weight is 246 g/mol. The van der Waals surface area contributed by atoms with E-state index in [1.165, 1.54) is 11.3 Å². The normalized spacial score (nSPS) is 18.7. The summed E-state index contributed by atoms with van der Waals surface area (Å²) in [4.78, 5) is 11.9. The minimum Gasteiger partial charge on any atom is -0.385 e. The van der Waals surface area contributed by atoms with Crippen LogP contribution in [0.2, 0.25) is 0 Å². The van der Waals surface area contributed by atoms with Crippen molar-refractivity contribution in [3.8, 4) is 0 Å². The van der Waals surface area contributed by atoms with Gasteiger partial charge >= 0.3 is 0 Å². The SMILES string of the molecule is CC(C)NC(=O)C[C@@H]1CCCNc2ccccc21. The number of fused-ring (bicyclic) bond motifs is 1. The molecule has 1 aromatic rings. The van der Waals surface area contributed by atoms with Gasteiger partial charge in [0.05, 0.1) is 0 Å². The van der Waals surface area contributed by atoms with Crippen LogP contribution < -0.4 is 10.6 Å². The fourth-order valence-electron chi connectivity index (χ4n) is 2.56. The van der Waals surface area contributed by atoms with Crippen LogP contribution in [0.4, 0.5) is 5.69 Å². The van der Waals surface area contributed by atoms with Crippen LogP contribution in [-0.4, -0.2) is 18.5 Å². The van der Waals surface area contributed by atoms with Gasteiger partial charge in [0.2, 0.25) is 5.91 Å². The van der Waals surface area contributed by atoms with E-state index in [2.05, 4.69) is 28.8 Å². The van der Waals surface area contributed by atoms with Gasteiger partial charge in [-0.1, -0.05) is 18.2 Å². The van der Waals surface area contributed by atoms with Crippen LogP contribution in [0.5, 0.6) is 0 Å². The van der Waals surface area contributed by atoms with E-state index in [4.69, 9.17) is 0 Å². The Balaban J connectivity index is 2.10. The molecular weight excluding hydrogens is 224 g/mol. The molecule has 2 N–H and O–H groups in total. The zero-order chi connectivity index (χ0) is 13.0. The predicted octanol–water partition coefficient (Wildman–Crippen LogP) is 2.89. The summed E-state index contributed by atoms with van der Waals surface area (Å²) >= 11 is 0. The molecule has 1 aliphatic rings. The second-order valence-corrected chi connectivity index (χ2v) is 5.28. The zero-order valence-electron chi connectivity index (χ0n) is 11.2. The summed E-state index contributed by atoms with van der Waals surface area (Å²) in [6.45, 7) is 5.00. The van der Waals surface area contributed by atoms with Gasteiger partial charge in [0.15, 0.2) is 0 Å². The second kappa shape index (κ2) is 5.89. The molecule has 98 valence electrons. The molecule has 3 heteroatoms. The van der Waals surface area contributed by atoms with E-state index in [0.717, 1.165) is 19.4 Å². The van der Waals surface area contributed by atoms with Crippen molar-refractivity contribution in [3.05, 3.63) is 29.8 Å².